The lowest BCUT2D eigenvalue weighted by atomic mass is 9.83. The number of ether oxygens (including phenoxy) is 2. The average molecular weight is 559 g/mol. The molecule has 1 atom stereocenters. The second-order valence-corrected chi connectivity index (χ2v) is 10.7. The lowest BCUT2D eigenvalue weighted by Gasteiger charge is -2.30. The third-order valence-corrected chi connectivity index (χ3v) is 8.28. The first-order valence-corrected chi connectivity index (χ1v) is 13.3. The Morgan fingerprint density at radius 1 is 1.00 bits per heavy atom. The Morgan fingerprint density at radius 2 is 1.78 bits per heavy atom. The molecule has 7 heteroatoms. The molecule has 0 amide bonds. The van der Waals surface area contributed by atoms with Gasteiger partial charge < -0.3 is 9.47 Å². The van der Waals surface area contributed by atoms with Gasteiger partial charge in [0.2, 0.25) is 0 Å². The maximum absolute atomic E-state index is 13.9. The smallest absolute Gasteiger partial charge is 0.271 e. The second-order valence-electron chi connectivity index (χ2n) is 8.78. The molecule has 6 rings (SSSR count). The van der Waals surface area contributed by atoms with Gasteiger partial charge in [0.15, 0.2) is 16.3 Å². The zero-order chi connectivity index (χ0) is 24.8. The molecule has 1 aliphatic heterocycles. The summed E-state index contributed by atoms with van der Waals surface area (Å²) in [5, 5.41) is 0. The fourth-order valence-electron chi connectivity index (χ4n) is 5.06. The van der Waals surface area contributed by atoms with Crippen molar-refractivity contribution in [3.8, 4) is 11.5 Å². The molecule has 0 fully saturated rings. The van der Waals surface area contributed by atoms with Gasteiger partial charge in [0.05, 0.1) is 30.5 Å². The lowest BCUT2D eigenvalue weighted by Crippen LogP contribution is -2.38. The summed E-state index contributed by atoms with van der Waals surface area (Å²) < 4.78 is 14.3. The van der Waals surface area contributed by atoms with Gasteiger partial charge in [-0.25, -0.2) is 4.99 Å². The van der Waals surface area contributed by atoms with E-state index in [1.54, 1.807) is 14.2 Å². The number of allylic oxidation sites excluding steroid dienone is 1. The van der Waals surface area contributed by atoms with Crippen LogP contribution in [0.5, 0.6) is 11.5 Å². The molecule has 5 nitrogen and oxygen atoms in total. The Kier molecular flexibility index (Phi) is 5.90. The van der Waals surface area contributed by atoms with Gasteiger partial charge in [-0.05, 0) is 65.4 Å². The van der Waals surface area contributed by atoms with Crippen LogP contribution in [0.25, 0.3) is 11.8 Å². The molecule has 2 heterocycles. The number of aryl methyl sites for hydroxylation is 1. The third kappa shape index (κ3) is 3.83. The average Bonchev–Trinajstić information content (AvgIpc) is 3.22. The van der Waals surface area contributed by atoms with Gasteiger partial charge >= 0.3 is 0 Å². The molecule has 0 spiro atoms. The molecule has 1 aromatic heterocycles. The van der Waals surface area contributed by atoms with E-state index >= 15 is 0 Å². The number of rotatable bonds is 4. The molecule has 4 aromatic rings. The summed E-state index contributed by atoms with van der Waals surface area (Å²) in [6.07, 6.45) is 3.71. The van der Waals surface area contributed by atoms with E-state index in [1.165, 1.54) is 28.0 Å². The summed E-state index contributed by atoms with van der Waals surface area (Å²) in [5.41, 5.74) is 6.58. The summed E-state index contributed by atoms with van der Waals surface area (Å²) >= 11 is 4.97. The molecule has 1 unspecified atom stereocenters. The highest BCUT2D eigenvalue weighted by Crippen LogP contribution is 2.41. The Hall–Kier alpha value is -3.42. The van der Waals surface area contributed by atoms with E-state index < -0.39 is 0 Å². The number of aromatic nitrogens is 1. The van der Waals surface area contributed by atoms with Crippen molar-refractivity contribution in [2.24, 2.45) is 4.99 Å². The van der Waals surface area contributed by atoms with Crippen molar-refractivity contribution in [2.75, 3.05) is 14.2 Å². The Labute approximate surface area is 220 Å². The summed E-state index contributed by atoms with van der Waals surface area (Å²) in [7, 11) is 3.22. The number of nitrogens with zero attached hydrogens (tertiary/aromatic N) is 2. The van der Waals surface area contributed by atoms with Gasteiger partial charge in [0.25, 0.3) is 5.56 Å². The number of halogens is 1. The summed E-state index contributed by atoms with van der Waals surface area (Å²) in [6.45, 7) is 0. The number of hydrogen-bond acceptors (Lipinski definition) is 5. The number of hydrogen-bond donors (Lipinski definition) is 0. The summed E-state index contributed by atoms with van der Waals surface area (Å²) in [4.78, 5) is 19.7. The molecule has 0 bridgehead atoms. The minimum absolute atomic E-state index is 0.0353. The molecule has 180 valence electrons. The van der Waals surface area contributed by atoms with Gasteiger partial charge in [-0.1, -0.05) is 69.7 Å². The normalized spacial score (nSPS) is 16.6. The molecule has 0 radical (unpaired) electrons. The maximum Gasteiger partial charge on any atom is 0.271 e. The van der Waals surface area contributed by atoms with Crippen LogP contribution in [0.2, 0.25) is 0 Å². The van der Waals surface area contributed by atoms with E-state index in [0.717, 1.165) is 38.9 Å². The first-order valence-electron chi connectivity index (χ1n) is 11.7. The van der Waals surface area contributed by atoms with Crippen molar-refractivity contribution in [1.82, 2.24) is 4.57 Å². The van der Waals surface area contributed by atoms with Crippen LogP contribution in [0, 0.1) is 0 Å². The molecule has 36 heavy (non-hydrogen) atoms. The van der Waals surface area contributed by atoms with Crippen molar-refractivity contribution in [3.63, 3.8) is 0 Å². The van der Waals surface area contributed by atoms with Crippen molar-refractivity contribution in [1.29, 1.82) is 0 Å². The highest BCUT2D eigenvalue weighted by molar-refractivity contribution is 9.10. The summed E-state index contributed by atoms with van der Waals surface area (Å²) in [5.74, 6) is 1.27. The standard InChI is InChI=1S/C29H23BrN2O3S/c1-34-23-14-7-17(15-24(23)35-2)16-25-28(33)32-27(19-8-11-20(30)12-9-19)22-13-10-18-5-3-4-6-21(18)26(22)31-29(32)36-25/h3-9,11-12,14-16,27H,10,13H2,1-2H3. The molecule has 0 N–H and O–H groups in total. The predicted octanol–water partition coefficient (Wildman–Crippen LogP) is 5.10. The first kappa shape index (κ1) is 23.0. The minimum atomic E-state index is -0.190. The molecule has 0 saturated heterocycles. The van der Waals surface area contributed by atoms with E-state index in [4.69, 9.17) is 14.5 Å². The summed E-state index contributed by atoms with van der Waals surface area (Å²) in [6, 6.07) is 22.2. The molecule has 1 aliphatic carbocycles. The minimum Gasteiger partial charge on any atom is -0.493 e. The van der Waals surface area contributed by atoms with Crippen molar-refractivity contribution < 1.29 is 9.47 Å². The van der Waals surface area contributed by atoms with E-state index in [2.05, 4.69) is 52.3 Å². The molecule has 0 saturated carbocycles. The fraction of sp³-hybridized carbons (Fsp3) is 0.172. The van der Waals surface area contributed by atoms with Gasteiger partial charge in [-0.15, -0.1) is 0 Å². The van der Waals surface area contributed by atoms with Crippen molar-refractivity contribution >= 4 is 39.0 Å². The van der Waals surface area contributed by atoms with Crippen LogP contribution < -0.4 is 24.4 Å². The Morgan fingerprint density at radius 3 is 2.56 bits per heavy atom. The second kappa shape index (κ2) is 9.22. The quantitative estimate of drug-likeness (QED) is 0.350. The molecular formula is C29H23BrN2O3S. The molecule has 2 aliphatic rings. The first-order chi connectivity index (χ1) is 17.6. The lowest BCUT2D eigenvalue weighted by molar-refractivity contribution is 0.355. The van der Waals surface area contributed by atoms with Gasteiger partial charge in [0.1, 0.15) is 0 Å². The maximum atomic E-state index is 13.9. The van der Waals surface area contributed by atoms with E-state index in [0.29, 0.717) is 16.0 Å². The topological polar surface area (TPSA) is 52.8 Å². The zero-order valence-corrected chi connectivity index (χ0v) is 22.2. The van der Waals surface area contributed by atoms with E-state index in [9.17, 15) is 4.79 Å². The number of methoxy groups -OCH3 is 2. The van der Waals surface area contributed by atoms with E-state index in [-0.39, 0.29) is 11.6 Å². The van der Waals surface area contributed by atoms with Crippen molar-refractivity contribution in [2.45, 2.75) is 18.9 Å². The largest absolute Gasteiger partial charge is 0.493 e. The van der Waals surface area contributed by atoms with Crippen LogP contribution in [-0.4, -0.2) is 18.8 Å². The fourth-order valence-corrected chi connectivity index (χ4v) is 6.33. The predicted molar refractivity (Wildman–Crippen MR) is 146 cm³/mol. The van der Waals surface area contributed by atoms with Crippen molar-refractivity contribution in [3.05, 3.63) is 119 Å². The Balaban J connectivity index is 1.58. The molecule has 3 aromatic carbocycles. The van der Waals surface area contributed by atoms with Crippen LogP contribution in [0.3, 0.4) is 0 Å². The third-order valence-electron chi connectivity index (χ3n) is 6.76. The van der Waals surface area contributed by atoms with Crippen LogP contribution >= 0.6 is 27.3 Å². The van der Waals surface area contributed by atoms with E-state index in [1.807, 2.05) is 41.0 Å². The van der Waals surface area contributed by atoms with Crippen LogP contribution in [-0.2, 0) is 6.42 Å². The van der Waals surface area contributed by atoms with Gasteiger partial charge in [-0.3, -0.25) is 9.36 Å². The SMILES string of the molecule is COc1ccc(C=c2sc3n(c2=O)C(c2ccc(Br)cc2)C2=C(N=3)c3ccccc3CC2)cc1OC. The highest BCUT2D eigenvalue weighted by Gasteiger charge is 2.32. The monoisotopic (exact) mass is 558 g/mol. The number of benzene rings is 3. The van der Waals surface area contributed by atoms with Gasteiger partial charge in [0, 0.05) is 10.0 Å². The Bertz CT molecular complexity index is 1700. The van der Waals surface area contributed by atoms with Crippen LogP contribution in [0.4, 0.5) is 0 Å². The zero-order valence-electron chi connectivity index (χ0n) is 19.8. The highest BCUT2D eigenvalue weighted by atomic mass is 79.9. The number of thiazole rings is 1. The van der Waals surface area contributed by atoms with Gasteiger partial charge in [-0.2, -0.15) is 0 Å². The number of fused-ring (bicyclic) bond motifs is 3. The van der Waals surface area contributed by atoms with Crippen LogP contribution in [0.1, 0.15) is 34.7 Å². The molecular weight excluding hydrogens is 536 g/mol. The van der Waals surface area contributed by atoms with Crippen LogP contribution in [0.15, 0.2) is 86.6 Å².